The third-order valence-corrected chi connectivity index (χ3v) is 4.63. The molecule has 126 valence electrons. The van der Waals surface area contributed by atoms with Crippen LogP contribution < -0.4 is 10.2 Å². The Morgan fingerprint density at radius 2 is 1.12 bits per heavy atom. The summed E-state index contributed by atoms with van der Waals surface area (Å²) < 4.78 is 12.5. The van der Waals surface area contributed by atoms with Gasteiger partial charge in [0.1, 0.15) is 0 Å². The monoisotopic (exact) mass is 390 g/mol. The molecule has 0 aliphatic heterocycles. The van der Waals surface area contributed by atoms with Crippen molar-refractivity contribution in [2.45, 2.75) is 9.79 Å². The van der Waals surface area contributed by atoms with Gasteiger partial charge < -0.3 is 10.2 Å². The second kappa shape index (κ2) is 6.59. The summed E-state index contributed by atoms with van der Waals surface area (Å²) >= 11 is 11.3. The molecule has 0 N–H and O–H groups in total. The van der Waals surface area contributed by atoms with E-state index in [-0.39, 0.29) is 10.0 Å². The molecule has 12 heteroatoms. The van der Waals surface area contributed by atoms with E-state index in [4.69, 9.17) is 23.2 Å². The van der Waals surface area contributed by atoms with Gasteiger partial charge in [-0.3, -0.25) is 20.2 Å². The summed E-state index contributed by atoms with van der Waals surface area (Å²) in [5.74, 6) is -2.44. The van der Waals surface area contributed by atoms with Gasteiger partial charge in [-0.25, -0.2) is 4.21 Å². The number of hydrogen-bond donors (Lipinski definition) is 0. The minimum Gasteiger partial charge on any atom is -0.867 e. The van der Waals surface area contributed by atoms with Gasteiger partial charge in [0.2, 0.25) is 0 Å². The van der Waals surface area contributed by atoms with Crippen molar-refractivity contribution >= 4 is 45.4 Å². The molecule has 0 saturated heterocycles. The Kier molecular flexibility index (Phi) is 4.92. The lowest BCUT2D eigenvalue weighted by atomic mass is 10.3. The normalized spacial score (nSPS) is 10.8. The van der Waals surface area contributed by atoms with Crippen LogP contribution in [0.25, 0.3) is 0 Å². The zero-order valence-corrected chi connectivity index (χ0v) is 13.6. The van der Waals surface area contributed by atoms with Crippen LogP contribution in [0.4, 0.5) is 11.4 Å². The van der Waals surface area contributed by atoms with E-state index in [1.807, 2.05) is 0 Å². The fraction of sp³-hybridized carbons (Fsp3) is 0. The molecule has 0 radical (unpaired) electrons. The van der Waals surface area contributed by atoms with Crippen molar-refractivity contribution in [3.05, 3.63) is 54.5 Å². The van der Waals surface area contributed by atoms with Gasteiger partial charge in [0.05, 0.1) is 20.6 Å². The van der Waals surface area contributed by atoms with Crippen LogP contribution in [0.3, 0.4) is 0 Å². The molecule has 2 aromatic carbocycles. The number of nitro benzene ring substituents is 2. The van der Waals surface area contributed by atoms with Gasteiger partial charge in [-0.05, 0) is 23.6 Å². The fourth-order valence-corrected chi connectivity index (χ4v) is 3.58. The number of rotatable bonds is 4. The SMILES string of the molecule is O=[N+]([O-])c1cc(Cl)cc(S(=O)c2cc(Cl)cc([N+](=O)[O-])c2[O-])c1[O-]. The van der Waals surface area contributed by atoms with Crippen molar-refractivity contribution in [2.75, 3.05) is 0 Å². The Hall–Kier alpha value is -2.43. The lowest BCUT2D eigenvalue weighted by molar-refractivity contribution is -0.399. The molecular weight excluding hydrogens is 387 g/mol. The first-order valence-electron chi connectivity index (χ1n) is 5.85. The molecule has 0 spiro atoms. The first kappa shape index (κ1) is 17.9. The summed E-state index contributed by atoms with van der Waals surface area (Å²) in [7, 11) is -2.55. The molecule has 0 aliphatic rings. The molecule has 0 saturated carbocycles. The Morgan fingerprint density at radius 3 is 1.42 bits per heavy atom. The lowest BCUT2D eigenvalue weighted by Crippen LogP contribution is -2.08. The summed E-state index contributed by atoms with van der Waals surface area (Å²) in [6.45, 7) is 0. The highest BCUT2D eigenvalue weighted by Gasteiger charge is 2.21. The molecule has 0 amide bonds. The van der Waals surface area contributed by atoms with Crippen molar-refractivity contribution in [1.82, 2.24) is 0 Å². The van der Waals surface area contributed by atoms with Gasteiger partial charge in [-0.1, -0.05) is 23.2 Å². The van der Waals surface area contributed by atoms with Crippen molar-refractivity contribution < 1.29 is 24.3 Å². The minimum atomic E-state index is -2.55. The zero-order chi connectivity index (χ0) is 18.2. The molecule has 9 nitrogen and oxygen atoms in total. The van der Waals surface area contributed by atoms with Crippen molar-refractivity contribution in [2.24, 2.45) is 0 Å². The molecule has 0 heterocycles. The Bertz CT molecular complexity index is 832. The zero-order valence-electron chi connectivity index (χ0n) is 11.2. The van der Waals surface area contributed by atoms with E-state index >= 15 is 0 Å². The second-order valence-electron chi connectivity index (χ2n) is 4.29. The van der Waals surface area contributed by atoms with Crippen LogP contribution >= 0.6 is 23.2 Å². The molecule has 2 aromatic rings. The van der Waals surface area contributed by atoms with Gasteiger partial charge in [0.25, 0.3) is 11.4 Å². The molecule has 0 aromatic heterocycles. The highest BCUT2D eigenvalue weighted by molar-refractivity contribution is 7.85. The third kappa shape index (κ3) is 3.25. The van der Waals surface area contributed by atoms with E-state index in [1.54, 1.807) is 0 Å². The number of hydrogen-bond acceptors (Lipinski definition) is 7. The molecule has 0 atom stereocenters. The predicted molar refractivity (Wildman–Crippen MR) is 79.8 cm³/mol. The minimum absolute atomic E-state index is 0.256. The Morgan fingerprint density at radius 1 is 0.792 bits per heavy atom. The van der Waals surface area contributed by atoms with E-state index in [0.717, 1.165) is 24.3 Å². The average molecular weight is 391 g/mol. The van der Waals surface area contributed by atoms with E-state index in [1.165, 1.54) is 0 Å². The summed E-state index contributed by atoms with van der Waals surface area (Å²) in [4.78, 5) is 18.3. The number of benzene rings is 2. The average Bonchev–Trinajstić information content (AvgIpc) is 2.49. The number of halogens is 2. The van der Waals surface area contributed by atoms with Crippen LogP contribution in [-0.4, -0.2) is 14.1 Å². The molecule has 0 unspecified atom stereocenters. The van der Waals surface area contributed by atoms with Crippen LogP contribution in [0.2, 0.25) is 10.0 Å². The van der Waals surface area contributed by atoms with Gasteiger partial charge >= 0.3 is 0 Å². The quantitative estimate of drug-likeness (QED) is 0.572. The summed E-state index contributed by atoms with van der Waals surface area (Å²) in [5.41, 5.74) is -1.87. The maximum atomic E-state index is 12.5. The summed E-state index contributed by atoms with van der Waals surface area (Å²) in [6.07, 6.45) is 0. The molecule has 0 bridgehead atoms. The first-order chi connectivity index (χ1) is 11.1. The van der Waals surface area contributed by atoms with E-state index < -0.39 is 53.3 Å². The topological polar surface area (TPSA) is 149 Å². The second-order valence-corrected chi connectivity index (χ2v) is 6.58. The molecule has 0 fully saturated rings. The van der Waals surface area contributed by atoms with Gasteiger partial charge in [0, 0.05) is 32.0 Å². The van der Waals surface area contributed by atoms with Crippen LogP contribution in [0.5, 0.6) is 11.5 Å². The van der Waals surface area contributed by atoms with E-state index in [2.05, 4.69) is 0 Å². The van der Waals surface area contributed by atoms with Gasteiger partial charge in [-0.2, -0.15) is 0 Å². The fourth-order valence-electron chi connectivity index (χ4n) is 1.77. The number of nitro groups is 2. The summed E-state index contributed by atoms with van der Waals surface area (Å²) in [6, 6.07) is 3.31. The van der Waals surface area contributed by atoms with Gasteiger partial charge in [0.15, 0.2) is 0 Å². The maximum Gasteiger partial charge on any atom is 0.264 e. The highest BCUT2D eigenvalue weighted by atomic mass is 35.5. The third-order valence-electron chi connectivity index (χ3n) is 2.79. The Balaban J connectivity index is 2.71. The highest BCUT2D eigenvalue weighted by Crippen LogP contribution is 2.39. The van der Waals surface area contributed by atoms with E-state index in [0.29, 0.717) is 0 Å². The van der Waals surface area contributed by atoms with Crippen LogP contribution in [0.1, 0.15) is 0 Å². The van der Waals surface area contributed by atoms with Crippen LogP contribution in [0, 0.1) is 20.2 Å². The first-order valence-corrected chi connectivity index (χ1v) is 7.75. The van der Waals surface area contributed by atoms with Crippen LogP contribution in [-0.2, 0) is 10.8 Å². The molecular formula is C12H4Cl2N2O7S-2. The Labute approximate surface area is 145 Å². The molecule has 0 aliphatic carbocycles. The van der Waals surface area contributed by atoms with Crippen molar-refractivity contribution in [3.63, 3.8) is 0 Å². The standard InChI is InChI=1S/C12H6Cl2N2O7S/c13-5-1-7(15(19)20)11(17)9(3-5)24(23)10-4-6(14)2-8(12(10)18)16(21)22/h1-4,17-18H/p-2. The van der Waals surface area contributed by atoms with Crippen molar-refractivity contribution in [1.29, 1.82) is 0 Å². The largest absolute Gasteiger partial charge is 0.867 e. The number of nitrogens with zero attached hydrogens (tertiary/aromatic N) is 2. The predicted octanol–water partition coefficient (Wildman–Crippen LogP) is 2.12. The smallest absolute Gasteiger partial charge is 0.264 e. The molecule has 24 heavy (non-hydrogen) atoms. The van der Waals surface area contributed by atoms with E-state index in [9.17, 15) is 34.7 Å². The lowest BCUT2D eigenvalue weighted by Gasteiger charge is -2.17. The summed E-state index contributed by atoms with van der Waals surface area (Å²) in [5, 5.41) is 45.2. The molecule has 2 rings (SSSR count). The van der Waals surface area contributed by atoms with Gasteiger partial charge in [-0.15, -0.1) is 0 Å². The van der Waals surface area contributed by atoms with Crippen LogP contribution in [0.15, 0.2) is 34.1 Å². The van der Waals surface area contributed by atoms with Crippen molar-refractivity contribution in [3.8, 4) is 11.5 Å². The maximum absolute atomic E-state index is 12.5.